The molecular weight excluding hydrogens is 959 g/mol. The van der Waals surface area contributed by atoms with E-state index in [0.29, 0.717) is 12.8 Å². The summed E-state index contributed by atoms with van der Waals surface area (Å²) in [7, 11) is 0. The van der Waals surface area contributed by atoms with E-state index >= 15 is 0 Å². The molecular formula is C68H135NO8. The summed E-state index contributed by atoms with van der Waals surface area (Å²) in [5.74, 6) is -0.133. The molecule has 0 aromatic carbocycles. The van der Waals surface area contributed by atoms with Crippen molar-refractivity contribution in [3.05, 3.63) is 0 Å². The number of unbranched alkanes of at least 4 members (excludes halogenated alkanes) is 52. The van der Waals surface area contributed by atoms with Gasteiger partial charge in [-0.15, -0.1) is 0 Å². The molecule has 460 valence electrons. The van der Waals surface area contributed by atoms with Gasteiger partial charge in [0.05, 0.1) is 25.4 Å². The van der Waals surface area contributed by atoms with Crippen molar-refractivity contribution < 1.29 is 39.8 Å². The zero-order valence-electron chi connectivity index (χ0n) is 51.5. The van der Waals surface area contributed by atoms with Crippen LogP contribution in [0, 0.1) is 0 Å². The first-order valence-electron chi connectivity index (χ1n) is 34.7. The first-order chi connectivity index (χ1) is 37.8. The van der Waals surface area contributed by atoms with Crippen molar-refractivity contribution >= 4 is 5.91 Å². The highest BCUT2D eigenvalue weighted by Gasteiger charge is 2.44. The fraction of sp³-hybridized carbons (Fsp3) is 0.985. The topological polar surface area (TPSA) is 149 Å². The molecule has 1 saturated heterocycles. The van der Waals surface area contributed by atoms with Gasteiger partial charge in [-0.3, -0.25) is 4.79 Å². The van der Waals surface area contributed by atoms with Gasteiger partial charge in [0, 0.05) is 6.42 Å². The van der Waals surface area contributed by atoms with Crippen LogP contribution in [0.25, 0.3) is 0 Å². The molecule has 0 aliphatic carbocycles. The number of hydrogen-bond acceptors (Lipinski definition) is 8. The van der Waals surface area contributed by atoms with Crippen molar-refractivity contribution in [1.29, 1.82) is 0 Å². The SMILES string of the molecule is CCCCCCCCCCCCCCCCCCCCCCCCCCCCCCCCCCCCC(=O)NC(COC1OC(CO)C(O)C(O)C1O)C(O)CCCCCCCCCCCCCCCCCCCCCC. The molecule has 7 atom stereocenters. The van der Waals surface area contributed by atoms with Crippen molar-refractivity contribution in [2.75, 3.05) is 13.2 Å². The van der Waals surface area contributed by atoms with Crippen molar-refractivity contribution in [1.82, 2.24) is 5.32 Å². The standard InChI is InChI=1S/C68H135NO8/c1-3-5-7-9-11-13-15-17-19-21-23-25-26-27-28-29-30-31-32-33-34-35-36-37-38-40-42-44-46-48-50-52-54-56-58-64(72)69-61(60-76-68-67(75)66(74)65(73)63(59-70)77-68)62(71)57-55-53-51-49-47-45-43-41-39-24-22-20-18-16-14-12-10-8-6-4-2/h61-63,65-68,70-71,73-75H,3-60H2,1-2H3,(H,69,72). The summed E-state index contributed by atoms with van der Waals surface area (Å²) >= 11 is 0. The van der Waals surface area contributed by atoms with Gasteiger partial charge >= 0.3 is 0 Å². The summed E-state index contributed by atoms with van der Waals surface area (Å²) in [5, 5.41) is 54.9. The normalized spacial score (nSPS) is 18.6. The minimum atomic E-state index is -1.55. The Morgan fingerprint density at radius 1 is 0.390 bits per heavy atom. The molecule has 1 heterocycles. The Balaban J connectivity index is 2.06. The molecule has 0 bridgehead atoms. The van der Waals surface area contributed by atoms with Crippen LogP contribution < -0.4 is 5.32 Å². The monoisotopic (exact) mass is 1090 g/mol. The Morgan fingerprint density at radius 2 is 0.649 bits per heavy atom. The van der Waals surface area contributed by atoms with E-state index < -0.39 is 49.5 Å². The summed E-state index contributed by atoms with van der Waals surface area (Å²) in [6.45, 7) is 3.90. The van der Waals surface area contributed by atoms with Gasteiger partial charge in [-0.2, -0.15) is 0 Å². The van der Waals surface area contributed by atoms with E-state index in [-0.39, 0.29) is 12.5 Å². The molecule has 1 rings (SSSR count). The summed E-state index contributed by atoms with van der Waals surface area (Å²) < 4.78 is 11.4. The van der Waals surface area contributed by atoms with Crippen LogP contribution in [-0.2, 0) is 14.3 Å². The second-order valence-electron chi connectivity index (χ2n) is 24.7. The minimum absolute atomic E-state index is 0.130. The molecule has 0 aromatic heterocycles. The lowest BCUT2D eigenvalue weighted by Gasteiger charge is -2.40. The number of carbonyl (C=O) groups excluding carboxylic acids is 1. The number of amides is 1. The molecule has 9 nitrogen and oxygen atoms in total. The van der Waals surface area contributed by atoms with E-state index in [4.69, 9.17) is 9.47 Å². The predicted octanol–water partition coefficient (Wildman–Crippen LogP) is 18.5. The molecule has 1 fully saturated rings. The maximum atomic E-state index is 13.1. The number of aliphatic hydroxyl groups excluding tert-OH is 5. The number of hydrogen-bond donors (Lipinski definition) is 6. The molecule has 9 heteroatoms. The lowest BCUT2D eigenvalue weighted by atomic mass is 9.99. The maximum Gasteiger partial charge on any atom is 0.220 e. The smallest absolute Gasteiger partial charge is 0.220 e. The van der Waals surface area contributed by atoms with Crippen molar-refractivity contribution in [2.24, 2.45) is 0 Å². The maximum absolute atomic E-state index is 13.1. The van der Waals surface area contributed by atoms with Crippen LogP contribution in [0.15, 0.2) is 0 Å². The third kappa shape index (κ3) is 47.4. The van der Waals surface area contributed by atoms with E-state index in [1.807, 2.05) is 0 Å². The van der Waals surface area contributed by atoms with E-state index in [0.717, 1.165) is 38.5 Å². The van der Waals surface area contributed by atoms with Crippen LogP contribution in [0.2, 0.25) is 0 Å². The van der Waals surface area contributed by atoms with Gasteiger partial charge in [0.1, 0.15) is 24.4 Å². The van der Waals surface area contributed by atoms with Crippen LogP contribution in [0.4, 0.5) is 0 Å². The highest BCUT2D eigenvalue weighted by Crippen LogP contribution is 2.24. The summed E-state index contributed by atoms with van der Waals surface area (Å²) in [5.41, 5.74) is 0. The number of ether oxygens (including phenoxy) is 2. The van der Waals surface area contributed by atoms with Gasteiger partial charge in [-0.1, -0.05) is 354 Å². The summed E-state index contributed by atoms with van der Waals surface area (Å²) in [6.07, 6.45) is 66.1. The van der Waals surface area contributed by atoms with Gasteiger partial charge in [0.2, 0.25) is 5.91 Å². The molecule has 1 amide bonds. The lowest BCUT2D eigenvalue weighted by molar-refractivity contribution is -0.302. The quantitative estimate of drug-likeness (QED) is 0.0330. The highest BCUT2D eigenvalue weighted by molar-refractivity contribution is 5.76. The molecule has 1 aliphatic rings. The first kappa shape index (κ1) is 74.2. The van der Waals surface area contributed by atoms with E-state index in [2.05, 4.69) is 19.2 Å². The molecule has 1 aliphatic heterocycles. The Labute approximate surface area is 478 Å². The third-order valence-corrected chi connectivity index (χ3v) is 17.2. The van der Waals surface area contributed by atoms with Crippen molar-refractivity contribution in [2.45, 2.75) is 416 Å². The predicted molar refractivity (Wildman–Crippen MR) is 328 cm³/mol. The number of rotatable bonds is 62. The van der Waals surface area contributed by atoms with Gasteiger partial charge in [-0.05, 0) is 12.8 Å². The van der Waals surface area contributed by atoms with Crippen molar-refractivity contribution in [3.8, 4) is 0 Å². The third-order valence-electron chi connectivity index (χ3n) is 17.2. The second kappa shape index (κ2) is 58.4. The molecule has 0 aromatic rings. The minimum Gasteiger partial charge on any atom is -0.394 e. The van der Waals surface area contributed by atoms with Gasteiger partial charge in [-0.25, -0.2) is 0 Å². The Morgan fingerprint density at radius 3 is 0.922 bits per heavy atom. The van der Waals surface area contributed by atoms with E-state index in [1.54, 1.807) is 0 Å². The van der Waals surface area contributed by atoms with Crippen LogP contribution in [0.1, 0.15) is 373 Å². The first-order valence-corrected chi connectivity index (χ1v) is 34.7. The zero-order valence-corrected chi connectivity index (χ0v) is 51.5. The lowest BCUT2D eigenvalue weighted by Crippen LogP contribution is -2.60. The molecule has 0 radical (unpaired) electrons. The summed E-state index contributed by atoms with van der Waals surface area (Å²) in [4.78, 5) is 13.1. The molecule has 77 heavy (non-hydrogen) atoms. The Kier molecular flexibility index (Phi) is 56.3. The summed E-state index contributed by atoms with van der Waals surface area (Å²) in [6, 6.07) is -0.715. The van der Waals surface area contributed by atoms with E-state index in [1.165, 1.54) is 308 Å². The van der Waals surface area contributed by atoms with Crippen LogP contribution in [0.3, 0.4) is 0 Å². The fourth-order valence-electron chi connectivity index (χ4n) is 11.8. The average Bonchev–Trinajstić information content (AvgIpc) is 3.43. The Hall–Kier alpha value is -0.810. The fourth-order valence-corrected chi connectivity index (χ4v) is 11.8. The van der Waals surface area contributed by atoms with Crippen LogP contribution in [-0.4, -0.2) is 87.5 Å². The number of carbonyl (C=O) groups is 1. The largest absolute Gasteiger partial charge is 0.394 e. The van der Waals surface area contributed by atoms with Crippen LogP contribution in [0.5, 0.6) is 0 Å². The van der Waals surface area contributed by atoms with Crippen molar-refractivity contribution in [3.63, 3.8) is 0 Å². The van der Waals surface area contributed by atoms with Gasteiger partial charge < -0.3 is 40.3 Å². The molecule has 0 saturated carbocycles. The van der Waals surface area contributed by atoms with Gasteiger partial charge in [0.15, 0.2) is 6.29 Å². The Bertz CT molecular complexity index is 1180. The zero-order chi connectivity index (χ0) is 55.8. The highest BCUT2D eigenvalue weighted by atomic mass is 16.7. The number of aliphatic hydroxyl groups is 5. The molecule has 6 N–H and O–H groups in total. The molecule has 7 unspecified atom stereocenters. The van der Waals surface area contributed by atoms with Crippen LogP contribution >= 0.6 is 0 Å². The van der Waals surface area contributed by atoms with Gasteiger partial charge in [0.25, 0.3) is 0 Å². The number of nitrogens with one attached hydrogen (secondary N) is 1. The second-order valence-corrected chi connectivity index (χ2v) is 24.7. The average molecular weight is 1090 g/mol. The molecule has 0 spiro atoms. The van der Waals surface area contributed by atoms with E-state index in [9.17, 15) is 30.3 Å².